The predicted molar refractivity (Wildman–Crippen MR) is 93.1 cm³/mol. The van der Waals surface area contributed by atoms with Crippen molar-refractivity contribution in [3.63, 3.8) is 0 Å². The van der Waals surface area contributed by atoms with Crippen molar-refractivity contribution in [2.75, 3.05) is 18.4 Å². The molecule has 0 bridgehead atoms. The lowest BCUT2D eigenvalue weighted by atomic mass is 10.1. The monoisotopic (exact) mass is 336 g/mol. The van der Waals surface area contributed by atoms with Gasteiger partial charge in [-0.3, -0.25) is 4.79 Å². The molecule has 1 aliphatic heterocycles. The number of nitrogens with zero attached hydrogens (tertiary/aromatic N) is 1. The van der Waals surface area contributed by atoms with E-state index < -0.39 is 11.9 Å². The van der Waals surface area contributed by atoms with Gasteiger partial charge in [0.15, 0.2) is 0 Å². The third kappa shape index (κ3) is 4.64. The fourth-order valence-corrected chi connectivity index (χ4v) is 3.53. The molecule has 1 fully saturated rings. The number of benzene rings is 1. The normalized spacial score (nSPS) is 18.7. The molecule has 5 nitrogen and oxygen atoms in total. The van der Waals surface area contributed by atoms with Crippen LogP contribution in [0.15, 0.2) is 23.1 Å². The first-order chi connectivity index (χ1) is 10.9. The second-order valence-corrected chi connectivity index (χ2v) is 7.53. The van der Waals surface area contributed by atoms with Crippen molar-refractivity contribution < 1.29 is 14.7 Å². The number of rotatable bonds is 5. The SMILES string of the molecule is CCC(C)Sc1ccc(NC(=O)N2CCC(C(=O)O)C2)c(C)c1. The molecule has 0 radical (unpaired) electrons. The average molecular weight is 336 g/mol. The van der Waals surface area contributed by atoms with Gasteiger partial charge < -0.3 is 15.3 Å². The van der Waals surface area contributed by atoms with Gasteiger partial charge in [-0.1, -0.05) is 13.8 Å². The van der Waals surface area contributed by atoms with Gasteiger partial charge in [0.2, 0.25) is 0 Å². The van der Waals surface area contributed by atoms with Crippen molar-refractivity contribution in [2.45, 2.75) is 43.8 Å². The number of carboxylic acids is 1. The Balaban J connectivity index is 1.97. The van der Waals surface area contributed by atoms with Crippen molar-refractivity contribution in [1.29, 1.82) is 0 Å². The summed E-state index contributed by atoms with van der Waals surface area (Å²) in [6.45, 7) is 7.10. The highest BCUT2D eigenvalue weighted by atomic mass is 32.2. The molecule has 1 aromatic rings. The van der Waals surface area contributed by atoms with Gasteiger partial charge in [0, 0.05) is 28.9 Å². The van der Waals surface area contributed by atoms with Crippen LogP contribution in [0.25, 0.3) is 0 Å². The Morgan fingerprint density at radius 2 is 2.22 bits per heavy atom. The van der Waals surface area contributed by atoms with Gasteiger partial charge in [0.1, 0.15) is 0 Å². The summed E-state index contributed by atoms with van der Waals surface area (Å²) in [6.07, 6.45) is 1.63. The summed E-state index contributed by atoms with van der Waals surface area (Å²) in [6, 6.07) is 5.79. The van der Waals surface area contributed by atoms with Crippen LogP contribution in [0.3, 0.4) is 0 Å². The van der Waals surface area contributed by atoms with Crippen LogP contribution in [0.2, 0.25) is 0 Å². The van der Waals surface area contributed by atoms with Crippen molar-refractivity contribution in [3.8, 4) is 0 Å². The maximum atomic E-state index is 12.3. The number of urea groups is 1. The van der Waals surface area contributed by atoms with E-state index in [1.54, 1.807) is 4.90 Å². The van der Waals surface area contributed by atoms with E-state index in [1.807, 2.05) is 30.8 Å². The first-order valence-corrected chi connectivity index (χ1v) is 8.84. The molecular formula is C17H24N2O3S. The zero-order chi connectivity index (χ0) is 17.0. The van der Waals surface area contributed by atoms with Crippen LogP contribution in [-0.4, -0.2) is 40.3 Å². The average Bonchev–Trinajstić information content (AvgIpc) is 3.00. The van der Waals surface area contributed by atoms with Crippen molar-refractivity contribution in [2.24, 2.45) is 5.92 Å². The predicted octanol–water partition coefficient (Wildman–Crippen LogP) is 3.82. The molecule has 1 aliphatic rings. The third-order valence-corrected chi connectivity index (χ3v) is 5.44. The largest absolute Gasteiger partial charge is 0.481 e. The number of carbonyl (C=O) groups is 2. The summed E-state index contributed by atoms with van der Waals surface area (Å²) in [5.41, 5.74) is 1.79. The van der Waals surface area contributed by atoms with Crippen LogP contribution in [0.1, 0.15) is 32.3 Å². The van der Waals surface area contributed by atoms with Gasteiger partial charge in [-0.05, 0) is 43.5 Å². The molecule has 1 aromatic carbocycles. The van der Waals surface area contributed by atoms with Crippen LogP contribution < -0.4 is 5.32 Å². The van der Waals surface area contributed by atoms with Crippen molar-refractivity contribution >= 4 is 29.4 Å². The first kappa shape index (κ1) is 17.7. The maximum absolute atomic E-state index is 12.3. The fraction of sp³-hybridized carbons (Fsp3) is 0.529. The lowest BCUT2D eigenvalue weighted by molar-refractivity contribution is -0.141. The first-order valence-electron chi connectivity index (χ1n) is 7.96. The zero-order valence-electron chi connectivity index (χ0n) is 13.8. The van der Waals surface area contributed by atoms with Gasteiger partial charge >= 0.3 is 12.0 Å². The summed E-state index contributed by atoms with van der Waals surface area (Å²) in [5.74, 6) is -1.28. The maximum Gasteiger partial charge on any atom is 0.321 e. The molecule has 1 heterocycles. The third-order valence-electron chi connectivity index (χ3n) is 4.18. The van der Waals surface area contributed by atoms with Crippen LogP contribution in [0.5, 0.6) is 0 Å². The molecule has 2 rings (SSSR count). The lowest BCUT2D eigenvalue weighted by Crippen LogP contribution is -2.34. The van der Waals surface area contributed by atoms with E-state index in [9.17, 15) is 9.59 Å². The summed E-state index contributed by atoms with van der Waals surface area (Å²) in [4.78, 5) is 26.0. The Morgan fingerprint density at radius 1 is 1.48 bits per heavy atom. The molecule has 2 amide bonds. The standard InChI is InChI=1S/C17H24N2O3S/c1-4-12(3)23-14-5-6-15(11(2)9-14)18-17(22)19-8-7-13(10-19)16(20)21/h5-6,9,12-13H,4,7-8,10H2,1-3H3,(H,18,22)(H,20,21). The number of likely N-dealkylation sites (tertiary alicyclic amines) is 1. The van der Waals surface area contributed by atoms with E-state index in [0.29, 0.717) is 18.2 Å². The quantitative estimate of drug-likeness (QED) is 0.802. The minimum Gasteiger partial charge on any atom is -0.481 e. The fourth-order valence-electron chi connectivity index (χ4n) is 2.51. The molecule has 0 aliphatic carbocycles. The Morgan fingerprint density at radius 3 is 2.78 bits per heavy atom. The van der Waals surface area contributed by atoms with E-state index in [2.05, 4.69) is 25.2 Å². The molecule has 126 valence electrons. The van der Waals surface area contributed by atoms with E-state index >= 15 is 0 Å². The second kappa shape index (κ2) is 7.73. The number of carbonyl (C=O) groups excluding carboxylic acids is 1. The van der Waals surface area contributed by atoms with Crippen LogP contribution in [0, 0.1) is 12.8 Å². The number of anilines is 1. The molecular weight excluding hydrogens is 312 g/mol. The number of amides is 2. The number of aliphatic carboxylic acids is 1. The van der Waals surface area contributed by atoms with E-state index in [1.165, 1.54) is 4.90 Å². The molecule has 2 unspecified atom stereocenters. The highest BCUT2D eigenvalue weighted by Crippen LogP contribution is 2.29. The molecule has 1 saturated heterocycles. The van der Waals surface area contributed by atoms with E-state index in [4.69, 9.17) is 5.11 Å². The Bertz CT molecular complexity index is 591. The Kier molecular flexibility index (Phi) is 5.93. The summed E-state index contributed by atoms with van der Waals surface area (Å²) in [7, 11) is 0. The zero-order valence-corrected chi connectivity index (χ0v) is 14.7. The van der Waals surface area contributed by atoms with Crippen molar-refractivity contribution in [3.05, 3.63) is 23.8 Å². The molecule has 23 heavy (non-hydrogen) atoms. The minimum atomic E-state index is -0.831. The second-order valence-electron chi connectivity index (χ2n) is 6.01. The van der Waals surface area contributed by atoms with Gasteiger partial charge in [-0.2, -0.15) is 0 Å². The minimum absolute atomic E-state index is 0.223. The van der Waals surface area contributed by atoms with Gasteiger partial charge in [0.05, 0.1) is 5.92 Å². The highest BCUT2D eigenvalue weighted by molar-refractivity contribution is 7.99. The van der Waals surface area contributed by atoms with Crippen LogP contribution in [0.4, 0.5) is 10.5 Å². The number of thioether (sulfide) groups is 1. The number of aryl methyl sites for hydroxylation is 1. The molecule has 2 atom stereocenters. The highest BCUT2D eigenvalue weighted by Gasteiger charge is 2.30. The van der Waals surface area contributed by atoms with Gasteiger partial charge in [-0.15, -0.1) is 11.8 Å². The Labute approximate surface area is 141 Å². The lowest BCUT2D eigenvalue weighted by Gasteiger charge is -2.18. The van der Waals surface area contributed by atoms with E-state index in [-0.39, 0.29) is 12.6 Å². The number of hydrogen-bond acceptors (Lipinski definition) is 3. The van der Waals surface area contributed by atoms with Gasteiger partial charge in [0.25, 0.3) is 0 Å². The summed E-state index contributed by atoms with van der Waals surface area (Å²) >= 11 is 1.83. The van der Waals surface area contributed by atoms with E-state index in [0.717, 1.165) is 17.7 Å². The smallest absolute Gasteiger partial charge is 0.321 e. The molecule has 0 spiro atoms. The topological polar surface area (TPSA) is 69.6 Å². The summed E-state index contributed by atoms with van der Waals surface area (Å²) < 4.78 is 0. The van der Waals surface area contributed by atoms with Crippen molar-refractivity contribution in [1.82, 2.24) is 4.90 Å². The molecule has 0 saturated carbocycles. The molecule has 2 N–H and O–H groups in total. The molecule has 0 aromatic heterocycles. The van der Waals surface area contributed by atoms with Crippen LogP contribution in [-0.2, 0) is 4.79 Å². The number of carboxylic acid groups (broad SMARTS) is 1. The molecule has 6 heteroatoms. The van der Waals surface area contributed by atoms with Gasteiger partial charge in [-0.25, -0.2) is 4.79 Å². The Hall–Kier alpha value is -1.69. The number of hydrogen-bond donors (Lipinski definition) is 2. The number of nitrogens with one attached hydrogen (secondary N) is 1. The summed E-state index contributed by atoms with van der Waals surface area (Å²) in [5, 5.41) is 12.5. The van der Waals surface area contributed by atoms with Crippen LogP contribution >= 0.6 is 11.8 Å².